The van der Waals surface area contributed by atoms with E-state index in [2.05, 4.69) is 15.3 Å². The van der Waals surface area contributed by atoms with Crippen LogP contribution in [0.1, 0.15) is 31.9 Å². The number of aryl methyl sites for hydroxylation is 1. The average molecular weight is 235 g/mol. The van der Waals surface area contributed by atoms with E-state index in [4.69, 9.17) is 0 Å². The summed E-state index contributed by atoms with van der Waals surface area (Å²) in [6, 6.07) is 1.72. The van der Waals surface area contributed by atoms with Gasteiger partial charge in [-0.1, -0.05) is 6.42 Å². The zero-order valence-corrected chi connectivity index (χ0v) is 10.1. The van der Waals surface area contributed by atoms with Crippen molar-refractivity contribution in [3.8, 4) is 0 Å². The van der Waals surface area contributed by atoms with Gasteiger partial charge >= 0.3 is 5.97 Å². The minimum absolute atomic E-state index is 0.0956. The first-order chi connectivity index (χ1) is 8.02. The fraction of sp³-hybridized carbons (Fsp3) is 0.583. The summed E-state index contributed by atoms with van der Waals surface area (Å²) in [6.45, 7) is 3.67. The number of aliphatic carboxylic acids is 1. The number of hydrogen-bond acceptors (Lipinski definition) is 4. The van der Waals surface area contributed by atoms with Gasteiger partial charge in [0, 0.05) is 17.9 Å². The Bertz CT molecular complexity index is 436. The third-order valence-corrected chi connectivity index (χ3v) is 3.54. The third-order valence-electron chi connectivity index (χ3n) is 3.54. The number of carboxylic acid groups (broad SMARTS) is 1. The summed E-state index contributed by atoms with van der Waals surface area (Å²) in [5.41, 5.74) is 0.158. The first-order valence-electron chi connectivity index (χ1n) is 5.82. The number of nitrogens with zero attached hydrogens (tertiary/aromatic N) is 2. The van der Waals surface area contributed by atoms with E-state index in [1.807, 2.05) is 13.0 Å². The van der Waals surface area contributed by atoms with Crippen LogP contribution in [0.2, 0.25) is 0 Å². The van der Waals surface area contributed by atoms with Crippen molar-refractivity contribution in [3.63, 3.8) is 0 Å². The quantitative estimate of drug-likeness (QED) is 0.836. The maximum absolute atomic E-state index is 11.3. The molecule has 0 radical (unpaired) electrons. The predicted molar refractivity (Wildman–Crippen MR) is 63.8 cm³/mol. The maximum Gasteiger partial charge on any atom is 0.311 e. The minimum atomic E-state index is -0.750. The average Bonchev–Trinajstić information content (AvgIpc) is 2.62. The van der Waals surface area contributed by atoms with Gasteiger partial charge in [0.1, 0.15) is 0 Å². The lowest BCUT2D eigenvalue weighted by molar-refractivity contribution is -0.147. The molecule has 0 spiro atoms. The van der Waals surface area contributed by atoms with Gasteiger partial charge < -0.3 is 10.4 Å². The van der Waals surface area contributed by atoms with Crippen molar-refractivity contribution < 1.29 is 9.90 Å². The summed E-state index contributed by atoms with van der Waals surface area (Å²) >= 11 is 0. The highest BCUT2D eigenvalue weighted by atomic mass is 16.4. The van der Waals surface area contributed by atoms with E-state index in [-0.39, 0.29) is 6.04 Å². The van der Waals surface area contributed by atoms with Gasteiger partial charge in [0.25, 0.3) is 0 Å². The molecule has 1 aromatic rings. The molecule has 1 aliphatic carbocycles. The van der Waals surface area contributed by atoms with Gasteiger partial charge in [0.05, 0.1) is 5.41 Å². The van der Waals surface area contributed by atoms with Crippen molar-refractivity contribution in [3.05, 3.63) is 18.0 Å². The first kappa shape index (κ1) is 11.8. The van der Waals surface area contributed by atoms with Crippen molar-refractivity contribution in [2.75, 3.05) is 5.32 Å². The zero-order chi connectivity index (χ0) is 12.5. The van der Waals surface area contributed by atoms with Gasteiger partial charge in [-0.2, -0.15) is 0 Å². The van der Waals surface area contributed by atoms with Crippen LogP contribution < -0.4 is 5.32 Å². The van der Waals surface area contributed by atoms with Crippen LogP contribution in [0.3, 0.4) is 0 Å². The second-order valence-corrected chi connectivity index (χ2v) is 4.83. The molecule has 0 amide bonds. The molecule has 0 aromatic carbocycles. The van der Waals surface area contributed by atoms with Gasteiger partial charge in [-0.25, -0.2) is 9.97 Å². The highest BCUT2D eigenvalue weighted by Crippen LogP contribution is 2.39. The molecule has 0 aliphatic heterocycles. The van der Waals surface area contributed by atoms with Gasteiger partial charge in [-0.05, 0) is 32.8 Å². The highest BCUT2D eigenvalue weighted by molar-refractivity contribution is 5.76. The summed E-state index contributed by atoms with van der Waals surface area (Å²) in [4.78, 5) is 19.7. The lowest BCUT2D eigenvalue weighted by Crippen LogP contribution is -2.40. The Morgan fingerprint density at radius 1 is 1.65 bits per heavy atom. The molecule has 1 aliphatic rings. The van der Waals surface area contributed by atoms with Crippen molar-refractivity contribution in [1.29, 1.82) is 0 Å². The summed E-state index contributed by atoms with van der Waals surface area (Å²) in [7, 11) is 0. The lowest BCUT2D eigenvalue weighted by atomic mass is 9.85. The maximum atomic E-state index is 11.3. The van der Waals surface area contributed by atoms with Crippen LogP contribution in [-0.2, 0) is 4.79 Å². The predicted octanol–water partition coefficient (Wildman–Crippen LogP) is 1.84. The highest BCUT2D eigenvalue weighted by Gasteiger charge is 2.45. The second-order valence-electron chi connectivity index (χ2n) is 4.83. The molecular formula is C12H17N3O2. The van der Waals surface area contributed by atoms with E-state index >= 15 is 0 Å². The van der Waals surface area contributed by atoms with Crippen LogP contribution >= 0.6 is 0 Å². The molecule has 1 fully saturated rings. The number of hydrogen-bond donors (Lipinski definition) is 2. The van der Waals surface area contributed by atoms with Crippen molar-refractivity contribution in [2.24, 2.45) is 5.41 Å². The molecule has 5 heteroatoms. The fourth-order valence-corrected chi connectivity index (χ4v) is 2.33. The van der Waals surface area contributed by atoms with Crippen LogP contribution in [0.25, 0.3) is 0 Å². The van der Waals surface area contributed by atoms with Crippen LogP contribution in [0.5, 0.6) is 0 Å². The summed E-state index contributed by atoms with van der Waals surface area (Å²) in [5, 5.41) is 12.4. The van der Waals surface area contributed by atoms with Crippen LogP contribution in [0.15, 0.2) is 12.3 Å². The number of aromatic nitrogens is 2. The molecule has 92 valence electrons. The molecule has 0 bridgehead atoms. The number of anilines is 1. The van der Waals surface area contributed by atoms with Crippen molar-refractivity contribution >= 4 is 11.9 Å². The van der Waals surface area contributed by atoms with Crippen LogP contribution in [-0.4, -0.2) is 27.1 Å². The molecule has 0 saturated heterocycles. The third kappa shape index (κ3) is 2.23. The molecule has 2 atom stereocenters. The number of carbonyl (C=O) groups is 1. The van der Waals surface area contributed by atoms with Crippen LogP contribution in [0, 0.1) is 12.3 Å². The topological polar surface area (TPSA) is 75.1 Å². The van der Waals surface area contributed by atoms with E-state index in [0.29, 0.717) is 12.4 Å². The summed E-state index contributed by atoms with van der Waals surface area (Å²) in [5.74, 6) is -0.232. The molecule has 5 nitrogen and oxygen atoms in total. The van der Waals surface area contributed by atoms with E-state index in [1.54, 1.807) is 13.1 Å². The molecule has 17 heavy (non-hydrogen) atoms. The Balaban J connectivity index is 2.16. The van der Waals surface area contributed by atoms with Gasteiger partial charge in [-0.3, -0.25) is 4.79 Å². The Morgan fingerprint density at radius 3 is 3.06 bits per heavy atom. The Hall–Kier alpha value is -1.65. The standard InChI is InChI=1S/C12H17N3O2/c1-8-5-7-13-11(14-8)15-9-4-3-6-12(9,2)10(16)17/h5,7,9H,3-4,6H2,1-2H3,(H,16,17)(H,13,14,15). The molecule has 1 saturated carbocycles. The number of rotatable bonds is 3. The van der Waals surface area contributed by atoms with Gasteiger partial charge in [0.2, 0.25) is 5.95 Å². The normalized spacial score (nSPS) is 28.0. The molecule has 2 N–H and O–H groups in total. The second kappa shape index (κ2) is 4.31. The van der Waals surface area contributed by atoms with Gasteiger partial charge in [-0.15, -0.1) is 0 Å². The molecule has 2 rings (SSSR count). The molecule has 2 unspecified atom stereocenters. The monoisotopic (exact) mass is 235 g/mol. The van der Waals surface area contributed by atoms with E-state index in [1.165, 1.54) is 0 Å². The molecular weight excluding hydrogens is 218 g/mol. The fourth-order valence-electron chi connectivity index (χ4n) is 2.33. The number of nitrogens with one attached hydrogen (secondary N) is 1. The van der Waals surface area contributed by atoms with E-state index in [9.17, 15) is 9.90 Å². The molecule has 1 heterocycles. The summed E-state index contributed by atoms with van der Waals surface area (Å²) < 4.78 is 0. The van der Waals surface area contributed by atoms with Crippen molar-refractivity contribution in [1.82, 2.24) is 9.97 Å². The Morgan fingerprint density at radius 2 is 2.41 bits per heavy atom. The Labute approximate surface area is 100 Å². The van der Waals surface area contributed by atoms with E-state index < -0.39 is 11.4 Å². The molecule has 1 aromatic heterocycles. The van der Waals surface area contributed by atoms with Crippen LogP contribution in [0.4, 0.5) is 5.95 Å². The first-order valence-corrected chi connectivity index (χ1v) is 5.82. The van der Waals surface area contributed by atoms with Gasteiger partial charge in [0.15, 0.2) is 0 Å². The lowest BCUT2D eigenvalue weighted by Gasteiger charge is -2.27. The minimum Gasteiger partial charge on any atom is -0.481 e. The SMILES string of the molecule is Cc1ccnc(NC2CCCC2(C)C(=O)O)n1. The number of carboxylic acids is 1. The largest absolute Gasteiger partial charge is 0.481 e. The zero-order valence-electron chi connectivity index (χ0n) is 10.1. The Kier molecular flexibility index (Phi) is 3.00. The smallest absolute Gasteiger partial charge is 0.311 e. The van der Waals surface area contributed by atoms with Crippen molar-refractivity contribution in [2.45, 2.75) is 39.2 Å². The summed E-state index contributed by atoms with van der Waals surface area (Å²) in [6.07, 6.45) is 4.15. The van der Waals surface area contributed by atoms with E-state index in [0.717, 1.165) is 18.5 Å².